The lowest BCUT2D eigenvalue weighted by molar-refractivity contribution is -0.134. The number of rotatable bonds is 5. The van der Waals surface area contributed by atoms with Gasteiger partial charge in [-0.1, -0.05) is 0 Å². The molecule has 0 saturated heterocycles. The van der Waals surface area contributed by atoms with Crippen molar-refractivity contribution < 1.29 is 32.8 Å². The molecular formula is C9H9NO7S. The first-order chi connectivity index (χ1) is 8.21. The van der Waals surface area contributed by atoms with Crippen LogP contribution in [0.3, 0.4) is 0 Å². The summed E-state index contributed by atoms with van der Waals surface area (Å²) in [5, 5.41) is 19.6. The molecule has 18 heavy (non-hydrogen) atoms. The molecule has 0 atom stereocenters. The fraction of sp³-hybridized carbons (Fsp3) is 0.111. The van der Waals surface area contributed by atoms with Crippen molar-refractivity contribution in [3.8, 4) is 0 Å². The van der Waals surface area contributed by atoms with Gasteiger partial charge in [0.2, 0.25) is 0 Å². The molecule has 0 unspecified atom stereocenters. The Balaban J connectivity index is 3.21. The van der Waals surface area contributed by atoms with Crippen molar-refractivity contribution in [2.24, 2.45) is 0 Å². The van der Waals surface area contributed by atoms with Crippen LogP contribution in [-0.2, 0) is 14.9 Å². The van der Waals surface area contributed by atoms with Gasteiger partial charge in [-0.25, -0.2) is 4.79 Å². The lowest BCUT2D eigenvalue weighted by Crippen LogP contribution is -2.15. The molecule has 1 aromatic rings. The van der Waals surface area contributed by atoms with E-state index in [9.17, 15) is 18.0 Å². The number of hydrogen-bond donors (Lipinski definition) is 4. The average molecular weight is 275 g/mol. The summed E-state index contributed by atoms with van der Waals surface area (Å²) in [6, 6.07) is 2.77. The van der Waals surface area contributed by atoms with Crippen molar-refractivity contribution >= 4 is 27.7 Å². The number of benzene rings is 1. The Kier molecular flexibility index (Phi) is 3.89. The largest absolute Gasteiger partial charge is 0.480 e. The molecule has 0 aliphatic heterocycles. The van der Waals surface area contributed by atoms with Crippen LogP contribution in [-0.4, -0.2) is 41.7 Å². The van der Waals surface area contributed by atoms with E-state index in [1.54, 1.807) is 0 Å². The van der Waals surface area contributed by atoms with Crippen LogP contribution in [0.5, 0.6) is 0 Å². The van der Waals surface area contributed by atoms with Crippen molar-refractivity contribution in [1.29, 1.82) is 0 Å². The summed E-state index contributed by atoms with van der Waals surface area (Å²) >= 11 is 0. The number of hydrogen-bond acceptors (Lipinski definition) is 5. The van der Waals surface area contributed by atoms with Gasteiger partial charge in [-0.05, 0) is 18.2 Å². The van der Waals surface area contributed by atoms with Crippen molar-refractivity contribution in [1.82, 2.24) is 0 Å². The van der Waals surface area contributed by atoms with E-state index in [2.05, 4.69) is 5.32 Å². The average Bonchev–Trinajstić information content (AvgIpc) is 2.24. The summed E-state index contributed by atoms with van der Waals surface area (Å²) in [4.78, 5) is 20.6. The fourth-order valence-electron chi connectivity index (χ4n) is 1.19. The Labute approximate surface area is 102 Å². The molecule has 1 aromatic carbocycles. The van der Waals surface area contributed by atoms with Gasteiger partial charge in [0.05, 0.1) is 10.5 Å². The maximum atomic E-state index is 10.9. The molecule has 0 heterocycles. The first kappa shape index (κ1) is 13.9. The Morgan fingerprint density at radius 3 is 2.28 bits per heavy atom. The predicted molar refractivity (Wildman–Crippen MR) is 59.3 cm³/mol. The van der Waals surface area contributed by atoms with Crippen LogP contribution in [0.25, 0.3) is 0 Å². The summed E-state index contributed by atoms with van der Waals surface area (Å²) in [6.45, 7) is -0.522. The third-order valence-corrected chi connectivity index (χ3v) is 2.80. The topological polar surface area (TPSA) is 141 Å². The van der Waals surface area contributed by atoms with E-state index in [1.165, 1.54) is 0 Å². The van der Waals surface area contributed by atoms with Crippen molar-refractivity contribution in [3.63, 3.8) is 0 Å². The molecule has 0 aromatic heterocycles. The maximum absolute atomic E-state index is 10.9. The van der Waals surface area contributed by atoms with E-state index in [0.717, 1.165) is 18.2 Å². The number of aliphatic carboxylic acids is 1. The van der Waals surface area contributed by atoms with Gasteiger partial charge in [0.1, 0.15) is 6.54 Å². The fourth-order valence-corrected chi connectivity index (χ4v) is 1.69. The van der Waals surface area contributed by atoms with E-state index in [4.69, 9.17) is 14.8 Å². The standard InChI is InChI=1S/C9H9NO7S/c11-8(12)4-10-7-2-1-5(18(15,16)17)3-6(7)9(13)14/h1-3,10H,4H2,(H,11,12)(H,13,14)(H,15,16,17). The quantitative estimate of drug-likeness (QED) is 0.555. The van der Waals surface area contributed by atoms with Crippen LogP contribution in [0.1, 0.15) is 10.4 Å². The van der Waals surface area contributed by atoms with Gasteiger partial charge in [-0.2, -0.15) is 8.42 Å². The zero-order valence-electron chi connectivity index (χ0n) is 8.82. The van der Waals surface area contributed by atoms with E-state index in [1.807, 2.05) is 0 Å². The van der Waals surface area contributed by atoms with Crippen LogP contribution in [0.2, 0.25) is 0 Å². The molecule has 0 spiro atoms. The lowest BCUT2D eigenvalue weighted by atomic mass is 10.2. The number of nitrogens with one attached hydrogen (secondary N) is 1. The normalized spacial score (nSPS) is 10.9. The molecule has 9 heteroatoms. The van der Waals surface area contributed by atoms with Crippen molar-refractivity contribution in [3.05, 3.63) is 23.8 Å². The van der Waals surface area contributed by atoms with E-state index in [-0.39, 0.29) is 5.69 Å². The first-order valence-electron chi connectivity index (χ1n) is 4.52. The van der Waals surface area contributed by atoms with Gasteiger partial charge in [-0.15, -0.1) is 0 Å². The molecule has 0 amide bonds. The minimum atomic E-state index is -4.51. The SMILES string of the molecule is O=C(O)CNc1ccc(S(=O)(=O)O)cc1C(=O)O. The summed E-state index contributed by atoms with van der Waals surface area (Å²) in [5.74, 6) is -2.65. The molecule has 0 bridgehead atoms. The van der Waals surface area contributed by atoms with Gasteiger partial charge in [-0.3, -0.25) is 9.35 Å². The number of anilines is 1. The molecule has 4 N–H and O–H groups in total. The van der Waals surface area contributed by atoms with E-state index in [0.29, 0.717) is 0 Å². The first-order valence-corrected chi connectivity index (χ1v) is 5.96. The smallest absolute Gasteiger partial charge is 0.337 e. The summed E-state index contributed by atoms with van der Waals surface area (Å²) in [5.41, 5.74) is -0.510. The molecule has 0 aliphatic rings. The van der Waals surface area contributed by atoms with Crippen LogP contribution in [0.4, 0.5) is 5.69 Å². The third-order valence-electron chi connectivity index (χ3n) is 1.95. The van der Waals surface area contributed by atoms with Crippen molar-refractivity contribution in [2.45, 2.75) is 4.90 Å². The molecular weight excluding hydrogens is 266 g/mol. The van der Waals surface area contributed by atoms with Gasteiger partial charge in [0.25, 0.3) is 10.1 Å². The second kappa shape index (κ2) is 5.02. The number of carbonyl (C=O) groups is 2. The van der Waals surface area contributed by atoms with Gasteiger partial charge in [0.15, 0.2) is 0 Å². The Morgan fingerprint density at radius 2 is 1.83 bits per heavy atom. The van der Waals surface area contributed by atoms with Gasteiger partial charge in [0, 0.05) is 5.69 Å². The highest BCUT2D eigenvalue weighted by atomic mass is 32.2. The number of aromatic carboxylic acids is 1. The number of carboxylic acids is 2. The highest BCUT2D eigenvalue weighted by molar-refractivity contribution is 7.85. The Hall–Kier alpha value is -2.13. The zero-order chi connectivity index (χ0) is 13.9. The summed E-state index contributed by atoms with van der Waals surface area (Å²) in [7, 11) is -4.51. The molecule has 0 fully saturated rings. The monoisotopic (exact) mass is 275 g/mol. The molecule has 0 radical (unpaired) electrons. The highest BCUT2D eigenvalue weighted by Crippen LogP contribution is 2.20. The molecule has 1 rings (SSSR count). The van der Waals surface area contributed by atoms with Gasteiger partial charge < -0.3 is 15.5 Å². The Morgan fingerprint density at radius 1 is 1.22 bits per heavy atom. The second-order valence-electron chi connectivity index (χ2n) is 3.23. The second-order valence-corrected chi connectivity index (χ2v) is 4.66. The molecule has 0 saturated carbocycles. The van der Waals surface area contributed by atoms with Crippen LogP contribution >= 0.6 is 0 Å². The summed E-state index contributed by atoms with van der Waals surface area (Å²) < 4.78 is 30.4. The minimum Gasteiger partial charge on any atom is -0.480 e. The van der Waals surface area contributed by atoms with Crippen LogP contribution < -0.4 is 5.32 Å². The van der Waals surface area contributed by atoms with Crippen LogP contribution in [0.15, 0.2) is 23.1 Å². The number of carboxylic acid groups (broad SMARTS) is 2. The highest BCUT2D eigenvalue weighted by Gasteiger charge is 2.17. The van der Waals surface area contributed by atoms with Crippen molar-refractivity contribution in [2.75, 3.05) is 11.9 Å². The van der Waals surface area contributed by atoms with Gasteiger partial charge >= 0.3 is 11.9 Å². The zero-order valence-corrected chi connectivity index (χ0v) is 9.64. The van der Waals surface area contributed by atoms with E-state index < -0.39 is 39.1 Å². The summed E-state index contributed by atoms with van der Waals surface area (Å²) in [6.07, 6.45) is 0. The predicted octanol–water partition coefficient (Wildman–Crippen LogP) is 0.128. The third kappa shape index (κ3) is 3.43. The lowest BCUT2D eigenvalue weighted by Gasteiger charge is -2.08. The van der Waals surface area contributed by atoms with Crippen LogP contribution in [0, 0.1) is 0 Å². The Bertz CT molecular complexity index is 593. The van der Waals surface area contributed by atoms with E-state index >= 15 is 0 Å². The molecule has 0 aliphatic carbocycles. The molecule has 98 valence electrons. The molecule has 8 nitrogen and oxygen atoms in total. The minimum absolute atomic E-state index is 0.0581. The maximum Gasteiger partial charge on any atom is 0.337 e.